The SMILES string of the molecule is Cc1cc(C)c(C(=O)c2ccc(F)c(F)c2Br)c(F)c1. The van der Waals surface area contributed by atoms with Crippen LogP contribution in [0.25, 0.3) is 0 Å². The number of carbonyl (C=O) groups excluding carboxylic acids is 1. The summed E-state index contributed by atoms with van der Waals surface area (Å²) in [6.07, 6.45) is 0. The first-order chi connectivity index (χ1) is 9.32. The van der Waals surface area contributed by atoms with Crippen LogP contribution < -0.4 is 0 Å². The number of hydrogen-bond acceptors (Lipinski definition) is 1. The molecule has 0 spiro atoms. The third-order valence-electron chi connectivity index (χ3n) is 2.94. The van der Waals surface area contributed by atoms with E-state index in [9.17, 15) is 18.0 Å². The molecule has 0 aliphatic rings. The summed E-state index contributed by atoms with van der Waals surface area (Å²) in [5, 5.41) is 0. The minimum absolute atomic E-state index is 0.116. The van der Waals surface area contributed by atoms with E-state index in [1.54, 1.807) is 19.9 Å². The molecule has 0 radical (unpaired) electrons. The molecule has 0 aliphatic carbocycles. The van der Waals surface area contributed by atoms with E-state index in [0.717, 1.165) is 12.1 Å². The van der Waals surface area contributed by atoms with Crippen LogP contribution in [0, 0.1) is 31.3 Å². The molecule has 0 aromatic heterocycles. The molecule has 2 aromatic rings. The van der Waals surface area contributed by atoms with Gasteiger partial charge in [-0.15, -0.1) is 0 Å². The molecule has 0 aliphatic heterocycles. The Kier molecular flexibility index (Phi) is 3.99. The molecule has 5 heteroatoms. The number of ketones is 1. The topological polar surface area (TPSA) is 17.1 Å². The van der Waals surface area contributed by atoms with Crippen LogP contribution in [0.1, 0.15) is 27.0 Å². The molecule has 0 unspecified atom stereocenters. The van der Waals surface area contributed by atoms with Gasteiger partial charge in [0.05, 0.1) is 10.0 Å². The Morgan fingerprint density at radius 1 is 1.05 bits per heavy atom. The van der Waals surface area contributed by atoms with Gasteiger partial charge in [0.15, 0.2) is 17.4 Å². The predicted molar refractivity (Wildman–Crippen MR) is 73.4 cm³/mol. The largest absolute Gasteiger partial charge is 0.288 e. The second-order valence-electron chi connectivity index (χ2n) is 4.49. The normalized spacial score (nSPS) is 10.7. The highest BCUT2D eigenvalue weighted by Gasteiger charge is 2.22. The molecule has 0 fully saturated rings. The van der Waals surface area contributed by atoms with Gasteiger partial charge in [-0.2, -0.15) is 0 Å². The lowest BCUT2D eigenvalue weighted by Crippen LogP contribution is -2.09. The van der Waals surface area contributed by atoms with Crippen LogP contribution in [0.15, 0.2) is 28.7 Å². The molecule has 0 heterocycles. The average Bonchev–Trinajstić information content (AvgIpc) is 2.34. The first-order valence-corrected chi connectivity index (χ1v) is 6.57. The molecular formula is C15H10BrF3O. The molecule has 2 rings (SSSR count). The fourth-order valence-electron chi connectivity index (χ4n) is 2.04. The van der Waals surface area contributed by atoms with Gasteiger partial charge < -0.3 is 0 Å². The summed E-state index contributed by atoms with van der Waals surface area (Å²) in [6.45, 7) is 3.30. The predicted octanol–water partition coefficient (Wildman–Crippen LogP) is 4.71. The Morgan fingerprint density at radius 2 is 1.70 bits per heavy atom. The number of carbonyl (C=O) groups is 1. The molecule has 20 heavy (non-hydrogen) atoms. The van der Waals surface area contributed by atoms with E-state index in [0.29, 0.717) is 11.1 Å². The summed E-state index contributed by atoms with van der Waals surface area (Å²) in [6, 6.07) is 4.86. The van der Waals surface area contributed by atoms with Gasteiger partial charge in [-0.3, -0.25) is 4.79 Å². The lowest BCUT2D eigenvalue weighted by atomic mass is 9.97. The third-order valence-corrected chi connectivity index (χ3v) is 3.71. The molecule has 0 saturated carbocycles. The Bertz CT molecular complexity index is 688. The highest BCUT2D eigenvalue weighted by molar-refractivity contribution is 9.10. The smallest absolute Gasteiger partial charge is 0.197 e. The van der Waals surface area contributed by atoms with Crippen LogP contribution in [0.5, 0.6) is 0 Å². The van der Waals surface area contributed by atoms with E-state index in [2.05, 4.69) is 15.9 Å². The van der Waals surface area contributed by atoms with Crippen molar-refractivity contribution in [1.82, 2.24) is 0 Å². The van der Waals surface area contributed by atoms with Gasteiger partial charge in [-0.25, -0.2) is 13.2 Å². The maximum atomic E-state index is 14.0. The minimum Gasteiger partial charge on any atom is -0.288 e. The van der Waals surface area contributed by atoms with Crippen LogP contribution >= 0.6 is 15.9 Å². The van der Waals surface area contributed by atoms with Gasteiger partial charge in [0, 0.05) is 5.56 Å². The fourth-order valence-corrected chi connectivity index (χ4v) is 2.54. The molecule has 0 amide bonds. The fraction of sp³-hybridized carbons (Fsp3) is 0.133. The van der Waals surface area contributed by atoms with Crippen molar-refractivity contribution in [3.8, 4) is 0 Å². The Hall–Kier alpha value is -1.62. The van der Waals surface area contributed by atoms with Gasteiger partial charge in [0.2, 0.25) is 0 Å². The van der Waals surface area contributed by atoms with Crippen molar-refractivity contribution in [2.24, 2.45) is 0 Å². The lowest BCUT2D eigenvalue weighted by molar-refractivity contribution is 0.103. The van der Waals surface area contributed by atoms with Crippen molar-refractivity contribution in [2.75, 3.05) is 0 Å². The zero-order valence-electron chi connectivity index (χ0n) is 10.7. The zero-order chi connectivity index (χ0) is 15.0. The molecule has 0 bridgehead atoms. The molecule has 0 atom stereocenters. The molecule has 1 nitrogen and oxygen atoms in total. The summed E-state index contributed by atoms with van der Waals surface area (Å²) in [5.41, 5.74) is 0.877. The second kappa shape index (κ2) is 5.40. The van der Waals surface area contributed by atoms with Crippen molar-refractivity contribution >= 4 is 21.7 Å². The van der Waals surface area contributed by atoms with E-state index in [-0.39, 0.29) is 15.6 Å². The summed E-state index contributed by atoms with van der Waals surface area (Å²) in [5.74, 6) is -3.61. The molecule has 0 saturated heterocycles. The monoisotopic (exact) mass is 342 g/mol. The first-order valence-electron chi connectivity index (χ1n) is 5.78. The van der Waals surface area contributed by atoms with Crippen LogP contribution in [0.2, 0.25) is 0 Å². The summed E-state index contributed by atoms with van der Waals surface area (Å²) < 4.78 is 40.2. The van der Waals surface area contributed by atoms with Crippen molar-refractivity contribution in [3.05, 3.63) is 68.4 Å². The Balaban J connectivity index is 2.61. The first kappa shape index (κ1) is 14.8. The van der Waals surface area contributed by atoms with Gasteiger partial charge in [-0.05, 0) is 59.1 Å². The summed E-state index contributed by atoms with van der Waals surface area (Å²) in [7, 11) is 0. The van der Waals surface area contributed by atoms with E-state index in [4.69, 9.17) is 0 Å². The highest BCUT2D eigenvalue weighted by Crippen LogP contribution is 2.27. The Morgan fingerprint density at radius 3 is 2.30 bits per heavy atom. The average molecular weight is 343 g/mol. The van der Waals surface area contributed by atoms with Gasteiger partial charge in [0.1, 0.15) is 5.82 Å². The number of benzene rings is 2. The Labute approximate surface area is 122 Å². The number of halogens is 4. The molecule has 2 aromatic carbocycles. The summed E-state index contributed by atoms with van der Waals surface area (Å²) >= 11 is 2.83. The van der Waals surface area contributed by atoms with E-state index >= 15 is 0 Å². The lowest BCUT2D eigenvalue weighted by Gasteiger charge is -2.10. The number of hydrogen-bond donors (Lipinski definition) is 0. The molecule has 0 N–H and O–H groups in total. The third kappa shape index (κ3) is 2.50. The maximum absolute atomic E-state index is 14.0. The van der Waals surface area contributed by atoms with Crippen molar-refractivity contribution in [2.45, 2.75) is 13.8 Å². The number of aryl methyl sites for hydroxylation is 2. The maximum Gasteiger partial charge on any atom is 0.197 e. The van der Waals surface area contributed by atoms with Crippen molar-refractivity contribution < 1.29 is 18.0 Å². The van der Waals surface area contributed by atoms with Gasteiger partial charge in [-0.1, -0.05) is 6.07 Å². The van der Waals surface area contributed by atoms with Crippen LogP contribution in [0.3, 0.4) is 0 Å². The van der Waals surface area contributed by atoms with Gasteiger partial charge in [0.25, 0.3) is 0 Å². The van der Waals surface area contributed by atoms with Crippen molar-refractivity contribution in [3.63, 3.8) is 0 Å². The van der Waals surface area contributed by atoms with Crippen LogP contribution in [-0.4, -0.2) is 5.78 Å². The second-order valence-corrected chi connectivity index (χ2v) is 5.28. The van der Waals surface area contributed by atoms with E-state index in [1.807, 2.05) is 0 Å². The van der Waals surface area contributed by atoms with E-state index < -0.39 is 23.2 Å². The van der Waals surface area contributed by atoms with Crippen molar-refractivity contribution in [1.29, 1.82) is 0 Å². The number of rotatable bonds is 2. The molecule has 104 valence electrons. The molecular weight excluding hydrogens is 333 g/mol. The summed E-state index contributed by atoms with van der Waals surface area (Å²) in [4.78, 5) is 12.3. The van der Waals surface area contributed by atoms with Gasteiger partial charge >= 0.3 is 0 Å². The van der Waals surface area contributed by atoms with Crippen LogP contribution in [-0.2, 0) is 0 Å². The minimum atomic E-state index is -1.17. The highest BCUT2D eigenvalue weighted by atomic mass is 79.9. The van der Waals surface area contributed by atoms with E-state index in [1.165, 1.54) is 6.07 Å². The van der Waals surface area contributed by atoms with Crippen LogP contribution in [0.4, 0.5) is 13.2 Å². The zero-order valence-corrected chi connectivity index (χ0v) is 12.3. The standard InChI is InChI=1S/C15H10BrF3O/c1-7-5-8(2)12(11(18)6-7)15(20)9-3-4-10(17)14(19)13(9)16/h3-6H,1-2H3. The quantitative estimate of drug-likeness (QED) is 0.570.